The monoisotopic (exact) mass is 366 g/mol. The van der Waals surface area contributed by atoms with Crippen LogP contribution in [0, 0.1) is 11.3 Å². The lowest BCUT2D eigenvalue weighted by atomic mass is 9.45. The van der Waals surface area contributed by atoms with Gasteiger partial charge < -0.3 is 19.9 Å². The second-order valence-electron chi connectivity index (χ2n) is 9.97. The summed E-state index contributed by atoms with van der Waals surface area (Å²) in [4.78, 5) is 16.5. The molecule has 5 fully saturated rings. The van der Waals surface area contributed by atoms with Gasteiger partial charge in [-0.1, -0.05) is 6.07 Å². The molecular formula is C21H22N2O4. The Kier molecular flexibility index (Phi) is 1.96. The smallest absolute Gasteiger partial charge is 0.231 e. The summed E-state index contributed by atoms with van der Waals surface area (Å²) in [5.74, 6) is 1.54. The van der Waals surface area contributed by atoms with E-state index in [9.17, 15) is 9.90 Å². The number of benzene rings is 1. The Labute approximate surface area is 156 Å². The number of piperidine rings is 1. The molecule has 6 heteroatoms. The fraction of sp³-hybridized carbons (Fsp3) is 0.667. The first-order chi connectivity index (χ1) is 13.1. The number of rotatable bonds is 0. The van der Waals surface area contributed by atoms with Crippen molar-refractivity contribution in [2.75, 3.05) is 25.2 Å². The van der Waals surface area contributed by atoms with Gasteiger partial charge in [-0.15, -0.1) is 0 Å². The van der Waals surface area contributed by atoms with Gasteiger partial charge in [0.25, 0.3) is 0 Å². The van der Waals surface area contributed by atoms with Crippen molar-refractivity contribution in [1.29, 1.82) is 0 Å². The molecule has 6 nitrogen and oxygen atoms in total. The lowest BCUT2D eigenvalue weighted by Gasteiger charge is -2.61. The molecule has 4 aliphatic heterocycles. The quantitative estimate of drug-likeness (QED) is 0.724. The summed E-state index contributed by atoms with van der Waals surface area (Å²) in [6, 6.07) is 4.50. The third-order valence-electron chi connectivity index (χ3n) is 9.47. The van der Waals surface area contributed by atoms with Gasteiger partial charge in [0.2, 0.25) is 6.79 Å². The van der Waals surface area contributed by atoms with Gasteiger partial charge in [-0.2, -0.15) is 0 Å². The summed E-state index contributed by atoms with van der Waals surface area (Å²) in [6.45, 7) is 2.16. The van der Waals surface area contributed by atoms with Crippen LogP contribution >= 0.6 is 0 Å². The Bertz CT molecular complexity index is 979. The molecule has 1 aromatic rings. The van der Waals surface area contributed by atoms with Gasteiger partial charge in [0.15, 0.2) is 17.3 Å². The summed E-state index contributed by atoms with van der Waals surface area (Å²) < 4.78 is 11.4. The SMILES string of the molecule is O=C1[C@@]2(O)C[C@@]34CCCN5C[C@H]2[C@@]2(c6ccc7c(c6N[C@]12CC3)OCO7)[C@@H]54. The number of nitrogens with one attached hydrogen (secondary N) is 1. The van der Waals surface area contributed by atoms with Crippen molar-refractivity contribution in [3.8, 4) is 11.5 Å². The number of nitrogens with zero attached hydrogens (tertiary/aromatic N) is 1. The number of hydrogen-bond donors (Lipinski definition) is 2. The van der Waals surface area contributed by atoms with Gasteiger partial charge in [-0.05, 0) is 55.7 Å². The minimum absolute atomic E-state index is 0.0249. The Balaban J connectivity index is 1.52. The van der Waals surface area contributed by atoms with E-state index >= 15 is 0 Å². The highest BCUT2D eigenvalue weighted by molar-refractivity contribution is 6.08. The maximum Gasteiger partial charge on any atom is 0.231 e. The van der Waals surface area contributed by atoms with E-state index in [1.165, 1.54) is 12.0 Å². The molecule has 2 N–H and O–H groups in total. The molecule has 4 heterocycles. The van der Waals surface area contributed by atoms with Gasteiger partial charge in [0, 0.05) is 18.5 Å². The summed E-state index contributed by atoms with van der Waals surface area (Å²) >= 11 is 0. The molecule has 1 aromatic carbocycles. The lowest BCUT2D eigenvalue weighted by molar-refractivity contribution is -0.144. The number of hydrogen-bond acceptors (Lipinski definition) is 6. The second kappa shape index (κ2) is 3.72. The van der Waals surface area contributed by atoms with Gasteiger partial charge in [0.05, 0.1) is 11.1 Å². The maximum absolute atomic E-state index is 13.9. The normalized spacial score (nSPS) is 52.1. The van der Waals surface area contributed by atoms with E-state index in [-0.39, 0.29) is 29.3 Å². The Morgan fingerprint density at radius 1 is 1.22 bits per heavy atom. The predicted octanol–water partition coefficient (Wildman–Crippen LogP) is 1.41. The molecule has 140 valence electrons. The molecule has 3 aliphatic carbocycles. The molecule has 0 aromatic heterocycles. The highest BCUT2D eigenvalue weighted by atomic mass is 16.7. The van der Waals surface area contributed by atoms with E-state index in [0.29, 0.717) is 12.5 Å². The van der Waals surface area contributed by atoms with Crippen molar-refractivity contribution in [3.05, 3.63) is 17.7 Å². The van der Waals surface area contributed by atoms with Crippen molar-refractivity contribution in [3.63, 3.8) is 0 Å². The van der Waals surface area contributed by atoms with Crippen LogP contribution in [0.5, 0.6) is 11.5 Å². The van der Waals surface area contributed by atoms with E-state index in [2.05, 4.69) is 16.3 Å². The van der Waals surface area contributed by atoms with Crippen molar-refractivity contribution >= 4 is 11.5 Å². The lowest BCUT2D eigenvalue weighted by Crippen LogP contribution is -2.70. The molecule has 0 radical (unpaired) electrons. The standard InChI is InChI=1S/C21H22N2O4/c24-17-19(25)9-18-4-1-7-23-8-13(19)21(16(18)23)11-2-3-12-15(27-10-26-12)14(11)22-20(17,21)6-5-18/h2-3,13,16,22,25H,1,4-10H2/t13-,16+,18-,19-,20-,21+/m1/s1. The van der Waals surface area contributed by atoms with Gasteiger partial charge in [0.1, 0.15) is 11.1 Å². The summed E-state index contributed by atoms with van der Waals surface area (Å²) in [5.41, 5.74) is 0.0101. The molecule has 6 atom stereocenters. The van der Waals surface area contributed by atoms with Crippen molar-refractivity contribution in [2.45, 2.75) is 54.7 Å². The predicted molar refractivity (Wildman–Crippen MR) is 94.9 cm³/mol. The van der Waals surface area contributed by atoms with E-state index in [1.807, 2.05) is 6.07 Å². The largest absolute Gasteiger partial charge is 0.454 e. The first-order valence-electron chi connectivity index (χ1n) is 10.3. The van der Waals surface area contributed by atoms with Crippen LogP contribution in [-0.4, -0.2) is 52.9 Å². The van der Waals surface area contributed by atoms with E-state index in [4.69, 9.17) is 9.47 Å². The fourth-order valence-corrected chi connectivity index (χ4v) is 9.07. The Morgan fingerprint density at radius 2 is 2.15 bits per heavy atom. The molecule has 7 aliphatic rings. The summed E-state index contributed by atoms with van der Waals surface area (Å²) in [6.07, 6.45) is 4.82. The number of Topliss-reactive ketones (excluding diaryl/α,β-unsaturated/α-hetero) is 1. The van der Waals surface area contributed by atoms with Gasteiger partial charge in [-0.25, -0.2) is 0 Å². The Hall–Kier alpha value is -1.79. The molecule has 0 amide bonds. The number of aliphatic hydroxyl groups is 1. The summed E-state index contributed by atoms with van der Waals surface area (Å²) in [7, 11) is 0. The van der Waals surface area contributed by atoms with Crippen LogP contribution < -0.4 is 14.8 Å². The zero-order chi connectivity index (χ0) is 17.8. The third-order valence-corrected chi connectivity index (χ3v) is 9.47. The number of carbonyl (C=O) groups is 1. The van der Waals surface area contributed by atoms with Crippen LogP contribution in [0.25, 0.3) is 0 Å². The molecular weight excluding hydrogens is 344 g/mol. The van der Waals surface area contributed by atoms with E-state index < -0.39 is 11.1 Å². The first-order valence-corrected chi connectivity index (χ1v) is 10.3. The number of ether oxygens (including phenoxy) is 2. The Morgan fingerprint density at radius 3 is 3.07 bits per heavy atom. The average Bonchev–Trinajstić information content (AvgIpc) is 3.34. The van der Waals surface area contributed by atoms with E-state index in [1.54, 1.807) is 0 Å². The van der Waals surface area contributed by atoms with E-state index in [0.717, 1.165) is 49.5 Å². The maximum atomic E-state index is 13.9. The highest BCUT2D eigenvalue weighted by Gasteiger charge is 2.90. The molecule has 27 heavy (non-hydrogen) atoms. The molecule has 3 saturated carbocycles. The summed E-state index contributed by atoms with van der Waals surface area (Å²) in [5, 5.41) is 15.5. The van der Waals surface area contributed by atoms with Crippen LogP contribution in [0.1, 0.15) is 37.7 Å². The molecule has 0 unspecified atom stereocenters. The topological polar surface area (TPSA) is 71.0 Å². The van der Waals surface area contributed by atoms with Crippen molar-refractivity contribution in [2.24, 2.45) is 11.3 Å². The van der Waals surface area contributed by atoms with Crippen LogP contribution in [0.15, 0.2) is 12.1 Å². The second-order valence-corrected chi connectivity index (χ2v) is 9.97. The van der Waals surface area contributed by atoms with Crippen LogP contribution in [0.2, 0.25) is 0 Å². The zero-order valence-corrected chi connectivity index (χ0v) is 15.1. The molecule has 2 saturated heterocycles. The number of carbonyl (C=O) groups excluding carboxylic acids is 1. The minimum atomic E-state index is -1.19. The molecule has 5 bridgehead atoms. The molecule has 8 rings (SSSR count). The van der Waals surface area contributed by atoms with Crippen molar-refractivity contribution < 1.29 is 19.4 Å². The van der Waals surface area contributed by atoms with Gasteiger partial charge in [-0.3, -0.25) is 9.69 Å². The van der Waals surface area contributed by atoms with Crippen LogP contribution in [0.3, 0.4) is 0 Å². The van der Waals surface area contributed by atoms with Crippen LogP contribution in [-0.2, 0) is 10.2 Å². The van der Waals surface area contributed by atoms with Gasteiger partial charge >= 0.3 is 0 Å². The zero-order valence-electron chi connectivity index (χ0n) is 15.1. The number of ketones is 1. The van der Waals surface area contributed by atoms with Crippen LogP contribution in [0.4, 0.5) is 5.69 Å². The fourth-order valence-electron chi connectivity index (χ4n) is 9.07. The highest BCUT2D eigenvalue weighted by Crippen LogP contribution is 2.80. The third kappa shape index (κ3) is 1.08. The first kappa shape index (κ1) is 14.2. The number of anilines is 1. The number of fused-ring (bicyclic) bond motifs is 3. The minimum Gasteiger partial charge on any atom is -0.454 e. The molecule has 1 spiro atoms. The van der Waals surface area contributed by atoms with Crippen molar-refractivity contribution in [1.82, 2.24) is 4.90 Å². The average molecular weight is 366 g/mol.